The maximum Gasteiger partial charge on any atom is 0.254 e. The van der Waals surface area contributed by atoms with Gasteiger partial charge in [-0.05, 0) is 31.5 Å². The fourth-order valence-corrected chi connectivity index (χ4v) is 4.56. The van der Waals surface area contributed by atoms with Crippen LogP contribution in [0.2, 0.25) is 0 Å². The van der Waals surface area contributed by atoms with Gasteiger partial charge in [-0.2, -0.15) is 0 Å². The van der Waals surface area contributed by atoms with E-state index in [-0.39, 0.29) is 35.9 Å². The Balaban J connectivity index is 1.96. The SMILES string of the molecule is CCN(CC(=O)N[C@H]1CCS(=O)(=O)C1)C(=O)c1cccc(Br)c1. The molecule has 1 saturated heterocycles. The molecule has 0 aliphatic carbocycles. The van der Waals surface area contributed by atoms with Gasteiger partial charge in [0, 0.05) is 22.6 Å². The number of nitrogens with one attached hydrogen (secondary N) is 1. The smallest absolute Gasteiger partial charge is 0.254 e. The summed E-state index contributed by atoms with van der Waals surface area (Å²) in [6, 6.07) is 6.62. The molecule has 2 amide bonds. The van der Waals surface area contributed by atoms with Gasteiger partial charge in [-0.15, -0.1) is 0 Å². The Morgan fingerprint density at radius 3 is 2.70 bits per heavy atom. The van der Waals surface area contributed by atoms with E-state index in [4.69, 9.17) is 0 Å². The number of carbonyl (C=O) groups excluding carboxylic acids is 2. The maximum atomic E-state index is 12.4. The number of benzene rings is 1. The van der Waals surface area contributed by atoms with Crippen molar-refractivity contribution in [2.75, 3.05) is 24.6 Å². The van der Waals surface area contributed by atoms with Crippen molar-refractivity contribution < 1.29 is 18.0 Å². The van der Waals surface area contributed by atoms with Crippen LogP contribution in [0.5, 0.6) is 0 Å². The quantitative estimate of drug-likeness (QED) is 0.802. The minimum absolute atomic E-state index is 0.0234. The van der Waals surface area contributed by atoms with E-state index in [1.165, 1.54) is 4.90 Å². The van der Waals surface area contributed by atoms with Crippen LogP contribution >= 0.6 is 15.9 Å². The van der Waals surface area contributed by atoms with Gasteiger partial charge < -0.3 is 10.2 Å². The Morgan fingerprint density at radius 2 is 2.13 bits per heavy atom. The first-order valence-corrected chi connectivity index (χ1v) is 9.97. The Morgan fingerprint density at radius 1 is 1.39 bits per heavy atom. The van der Waals surface area contributed by atoms with Gasteiger partial charge in [-0.25, -0.2) is 8.42 Å². The van der Waals surface area contributed by atoms with Crippen molar-refractivity contribution in [2.45, 2.75) is 19.4 Å². The number of carbonyl (C=O) groups is 2. The van der Waals surface area contributed by atoms with E-state index in [9.17, 15) is 18.0 Å². The molecule has 1 N–H and O–H groups in total. The molecule has 0 saturated carbocycles. The Hall–Kier alpha value is -1.41. The summed E-state index contributed by atoms with van der Waals surface area (Å²) in [6.45, 7) is 2.10. The summed E-state index contributed by atoms with van der Waals surface area (Å²) in [6.07, 6.45) is 0.430. The van der Waals surface area contributed by atoms with Crippen molar-refractivity contribution in [3.63, 3.8) is 0 Å². The normalized spacial score (nSPS) is 19.3. The first-order valence-electron chi connectivity index (χ1n) is 7.35. The summed E-state index contributed by atoms with van der Waals surface area (Å²) < 4.78 is 23.6. The van der Waals surface area contributed by atoms with Crippen LogP contribution in [0, 0.1) is 0 Å². The molecule has 0 aromatic heterocycles. The lowest BCUT2D eigenvalue weighted by molar-refractivity contribution is -0.122. The number of likely N-dealkylation sites (N-methyl/N-ethyl adjacent to an activating group) is 1. The number of rotatable bonds is 5. The highest BCUT2D eigenvalue weighted by Crippen LogP contribution is 2.14. The number of sulfone groups is 1. The van der Waals surface area contributed by atoms with Gasteiger partial charge >= 0.3 is 0 Å². The van der Waals surface area contributed by atoms with Gasteiger partial charge in [-0.3, -0.25) is 9.59 Å². The molecule has 1 atom stereocenters. The zero-order valence-corrected chi connectivity index (χ0v) is 15.2. The van der Waals surface area contributed by atoms with Gasteiger partial charge in [0.1, 0.15) is 0 Å². The second kappa shape index (κ2) is 7.44. The lowest BCUT2D eigenvalue weighted by atomic mass is 10.2. The predicted octanol–water partition coefficient (Wildman–Crippen LogP) is 1.21. The fourth-order valence-electron chi connectivity index (χ4n) is 2.49. The summed E-state index contributed by atoms with van der Waals surface area (Å²) in [7, 11) is -3.04. The van der Waals surface area contributed by atoms with Crippen LogP contribution < -0.4 is 5.32 Å². The van der Waals surface area contributed by atoms with Crippen molar-refractivity contribution in [1.82, 2.24) is 10.2 Å². The lowest BCUT2D eigenvalue weighted by Crippen LogP contribution is -2.44. The molecule has 23 heavy (non-hydrogen) atoms. The highest BCUT2D eigenvalue weighted by atomic mass is 79.9. The summed E-state index contributed by atoms with van der Waals surface area (Å²) in [5, 5.41) is 2.70. The van der Waals surface area contributed by atoms with Crippen LogP contribution in [0.15, 0.2) is 28.7 Å². The second-order valence-corrected chi connectivity index (χ2v) is 8.64. The van der Waals surface area contributed by atoms with Crippen LogP contribution in [0.4, 0.5) is 0 Å². The number of nitrogens with zero attached hydrogens (tertiary/aromatic N) is 1. The number of halogens is 1. The first-order chi connectivity index (χ1) is 10.8. The van der Waals surface area contributed by atoms with Gasteiger partial charge in [-0.1, -0.05) is 22.0 Å². The molecule has 1 fully saturated rings. The van der Waals surface area contributed by atoms with Crippen molar-refractivity contribution in [3.05, 3.63) is 34.3 Å². The largest absolute Gasteiger partial charge is 0.351 e. The lowest BCUT2D eigenvalue weighted by Gasteiger charge is -2.21. The van der Waals surface area contributed by atoms with Crippen LogP contribution in [-0.4, -0.2) is 55.8 Å². The van der Waals surface area contributed by atoms with Crippen molar-refractivity contribution >= 4 is 37.6 Å². The monoisotopic (exact) mass is 402 g/mol. The van der Waals surface area contributed by atoms with Gasteiger partial charge in [0.2, 0.25) is 5.91 Å². The molecular formula is C15H19BrN2O4S. The molecule has 1 aromatic rings. The zero-order chi connectivity index (χ0) is 17.0. The molecule has 1 aliphatic heterocycles. The molecular weight excluding hydrogens is 384 g/mol. The Kier molecular flexibility index (Phi) is 5.80. The number of hydrogen-bond donors (Lipinski definition) is 1. The van der Waals surface area contributed by atoms with Crippen LogP contribution in [-0.2, 0) is 14.6 Å². The van der Waals surface area contributed by atoms with Crippen molar-refractivity contribution in [3.8, 4) is 0 Å². The maximum absolute atomic E-state index is 12.4. The molecule has 0 unspecified atom stereocenters. The number of hydrogen-bond acceptors (Lipinski definition) is 4. The van der Waals surface area contributed by atoms with Crippen LogP contribution in [0.3, 0.4) is 0 Å². The summed E-state index contributed by atoms with van der Waals surface area (Å²) in [5.74, 6) is -0.489. The molecule has 2 rings (SSSR count). The third-order valence-electron chi connectivity index (χ3n) is 3.67. The highest BCUT2D eigenvalue weighted by Gasteiger charge is 2.29. The molecule has 1 aliphatic rings. The standard InChI is InChI=1S/C15H19BrN2O4S/c1-2-18(15(20)11-4-3-5-12(16)8-11)9-14(19)17-13-6-7-23(21,22)10-13/h3-5,8,13H,2,6-7,9-10H2,1H3,(H,17,19)/t13-/m0/s1. The molecule has 8 heteroatoms. The average molecular weight is 403 g/mol. The molecule has 0 spiro atoms. The van der Waals surface area contributed by atoms with Gasteiger partial charge in [0.15, 0.2) is 9.84 Å². The summed E-state index contributed by atoms with van der Waals surface area (Å²) in [5.41, 5.74) is 0.498. The molecule has 126 valence electrons. The Bertz CT molecular complexity index is 705. The molecule has 6 nitrogen and oxygen atoms in total. The van der Waals surface area contributed by atoms with E-state index in [0.29, 0.717) is 18.5 Å². The molecule has 1 heterocycles. The molecule has 0 bridgehead atoms. The summed E-state index contributed by atoms with van der Waals surface area (Å²) in [4.78, 5) is 25.9. The van der Waals surface area contributed by atoms with Crippen molar-refractivity contribution in [1.29, 1.82) is 0 Å². The van der Waals surface area contributed by atoms with Crippen LogP contribution in [0.25, 0.3) is 0 Å². The zero-order valence-electron chi connectivity index (χ0n) is 12.8. The minimum atomic E-state index is -3.04. The highest BCUT2D eigenvalue weighted by molar-refractivity contribution is 9.10. The van der Waals surface area contributed by atoms with E-state index >= 15 is 0 Å². The molecule has 0 radical (unpaired) electrons. The fraction of sp³-hybridized carbons (Fsp3) is 0.467. The molecule has 1 aromatic carbocycles. The van der Waals surface area contributed by atoms with Gasteiger partial charge in [0.05, 0.1) is 18.1 Å². The second-order valence-electron chi connectivity index (χ2n) is 5.50. The minimum Gasteiger partial charge on any atom is -0.351 e. The van der Waals surface area contributed by atoms with Gasteiger partial charge in [0.25, 0.3) is 5.91 Å². The Labute approximate surface area is 144 Å². The predicted molar refractivity (Wildman–Crippen MR) is 90.9 cm³/mol. The number of amides is 2. The summed E-state index contributed by atoms with van der Waals surface area (Å²) >= 11 is 3.31. The van der Waals surface area contributed by atoms with E-state index in [1.54, 1.807) is 25.1 Å². The van der Waals surface area contributed by atoms with Crippen molar-refractivity contribution in [2.24, 2.45) is 0 Å². The first kappa shape index (κ1) is 17.9. The van der Waals surface area contributed by atoms with E-state index in [1.807, 2.05) is 6.07 Å². The third kappa shape index (κ3) is 5.04. The average Bonchev–Trinajstić information content (AvgIpc) is 2.82. The van der Waals surface area contributed by atoms with E-state index in [0.717, 1.165) is 4.47 Å². The van der Waals surface area contributed by atoms with E-state index in [2.05, 4.69) is 21.2 Å². The third-order valence-corrected chi connectivity index (χ3v) is 5.93. The van der Waals surface area contributed by atoms with Crippen LogP contribution in [0.1, 0.15) is 23.7 Å². The van der Waals surface area contributed by atoms with E-state index < -0.39 is 9.84 Å². The topological polar surface area (TPSA) is 83.6 Å².